The van der Waals surface area contributed by atoms with Crippen molar-refractivity contribution < 1.29 is 34.1 Å². The van der Waals surface area contributed by atoms with Crippen LogP contribution in [0, 0.1) is 23.7 Å². The third-order valence-corrected chi connectivity index (χ3v) is 13.2. The van der Waals surface area contributed by atoms with Crippen molar-refractivity contribution in [2.24, 2.45) is 23.7 Å². The summed E-state index contributed by atoms with van der Waals surface area (Å²) in [5.41, 5.74) is -0.00887. The van der Waals surface area contributed by atoms with Gasteiger partial charge in [0.05, 0.1) is 10.7 Å². The third-order valence-electron chi connectivity index (χ3n) is 12.3. The Bertz CT molecular complexity index is 1710. The van der Waals surface area contributed by atoms with Crippen molar-refractivity contribution in [2.75, 3.05) is 49.7 Å². The predicted molar refractivity (Wildman–Crippen MR) is 202 cm³/mol. The van der Waals surface area contributed by atoms with Crippen LogP contribution in [0.25, 0.3) is 0 Å². The van der Waals surface area contributed by atoms with Crippen LogP contribution in [-0.2, 0) is 29.5 Å². The summed E-state index contributed by atoms with van der Waals surface area (Å²) in [4.78, 5) is 37.5. The van der Waals surface area contributed by atoms with Gasteiger partial charge in [-0.2, -0.15) is 0 Å². The molecule has 0 spiro atoms. The second kappa shape index (κ2) is 14.5. The number of para-hydroxylation sites is 1. The molecule has 0 aromatic heterocycles. The van der Waals surface area contributed by atoms with E-state index in [0.29, 0.717) is 16.3 Å². The van der Waals surface area contributed by atoms with Crippen LogP contribution in [0.1, 0.15) is 52.5 Å². The maximum Gasteiger partial charge on any atom is 0.323 e. The minimum absolute atomic E-state index is 0.0381. The first-order chi connectivity index (χ1) is 24.7. The van der Waals surface area contributed by atoms with Crippen LogP contribution in [0.3, 0.4) is 0 Å². The van der Waals surface area contributed by atoms with Crippen molar-refractivity contribution in [2.45, 2.75) is 82.6 Å². The van der Waals surface area contributed by atoms with Gasteiger partial charge in [-0.3, -0.25) is 29.7 Å². The van der Waals surface area contributed by atoms with Gasteiger partial charge in [0, 0.05) is 74.8 Å². The molecule has 0 bridgehead atoms. The number of hydrogen-bond donors (Lipinski definition) is 3. The number of anilines is 2. The van der Waals surface area contributed by atoms with Crippen molar-refractivity contribution >= 4 is 50.8 Å². The Morgan fingerprint density at radius 1 is 1.10 bits per heavy atom. The van der Waals surface area contributed by atoms with Gasteiger partial charge in [0.1, 0.15) is 17.2 Å². The smallest absolute Gasteiger partial charge is 0.323 e. The quantitative estimate of drug-likeness (QED) is 0.259. The molecule has 5 aliphatic rings. The van der Waals surface area contributed by atoms with E-state index in [2.05, 4.69) is 68.3 Å². The molecule has 1 saturated carbocycles. The highest BCUT2D eigenvalue weighted by Gasteiger charge is 2.62. The lowest BCUT2D eigenvalue weighted by atomic mass is 9.55. The molecule has 1 unspecified atom stereocenters. The van der Waals surface area contributed by atoms with Gasteiger partial charge in [0.2, 0.25) is 0 Å². The Hall–Kier alpha value is -2.71. The van der Waals surface area contributed by atoms with E-state index in [1.54, 1.807) is 25.2 Å². The molecule has 2 saturated heterocycles. The summed E-state index contributed by atoms with van der Waals surface area (Å²) in [5, 5.41) is 29.9. The first kappa shape index (κ1) is 37.6. The number of aliphatic hydroxyl groups is 2. The van der Waals surface area contributed by atoms with Gasteiger partial charge in [0.15, 0.2) is 18.4 Å². The standard InChI is InChI=1S/C39H50BrClN4O7/c1-22-19-30-28(23(2)21-44-15-17-45(18-16-44)27-12-10-26(40)11-13-27)14-9-24(3)39(30,49)35(34(22)50-25(4)46)51-36(47)32-20-38(48)29-7-6-8-31(41)33(29)43(5)52-37(38)42-32/h6-8,10-13,19,23-24,28,30,32,34-35,37,42,48-49H,9,14-18,20-21H2,1-5H3/t23?,24-,28+,30-,32+,34-,35+,37-,38-,39-/m1/s1. The summed E-state index contributed by atoms with van der Waals surface area (Å²) in [6, 6.07) is 12.7. The molecule has 3 aliphatic heterocycles. The number of carbonyl (C=O) groups excluding carboxylic acids is 2. The molecule has 3 fully saturated rings. The van der Waals surface area contributed by atoms with Crippen molar-refractivity contribution in [1.29, 1.82) is 0 Å². The molecule has 2 aromatic carbocycles. The lowest BCUT2D eigenvalue weighted by Crippen LogP contribution is -2.66. The van der Waals surface area contributed by atoms with Crippen molar-refractivity contribution in [3.63, 3.8) is 0 Å². The fraction of sp³-hybridized carbons (Fsp3) is 0.590. The van der Waals surface area contributed by atoms with Crippen molar-refractivity contribution in [1.82, 2.24) is 10.2 Å². The van der Waals surface area contributed by atoms with E-state index in [9.17, 15) is 19.8 Å². The monoisotopic (exact) mass is 800 g/mol. The van der Waals surface area contributed by atoms with Crippen molar-refractivity contribution in [3.8, 4) is 0 Å². The number of hydrogen-bond acceptors (Lipinski definition) is 11. The zero-order chi connectivity index (χ0) is 37.1. The second-order valence-corrected chi connectivity index (χ2v) is 16.9. The highest BCUT2D eigenvalue weighted by Crippen LogP contribution is 2.53. The number of halogens is 2. The van der Waals surface area contributed by atoms with E-state index >= 15 is 0 Å². The normalized spacial score (nSPS) is 35.2. The number of benzene rings is 2. The maximum absolute atomic E-state index is 14.2. The number of fused-ring (bicyclic) bond motifs is 4. The first-order valence-electron chi connectivity index (χ1n) is 18.4. The SMILES string of the molecule is CC(=O)O[C@@H]1C(C)=C[C@@H]2[C@H](C(C)CN3CCN(c4ccc(Br)cc4)CC3)CC[C@@H](C)[C@]2(O)[C@H]1OC(=O)[C@@H]1C[C@@]2(O)c3cccc(Cl)c3N(C)O[C@H]2N1. The lowest BCUT2D eigenvalue weighted by Gasteiger charge is -2.56. The number of nitrogens with zero attached hydrogens (tertiary/aromatic N) is 3. The number of hydroxylamine groups is 1. The number of piperazine rings is 1. The Morgan fingerprint density at radius 3 is 2.50 bits per heavy atom. The fourth-order valence-electron chi connectivity index (χ4n) is 9.54. The summed E-state index contributed by atoms with van der Waals surface area (Å²) in [6.45, 7) is 12.1. The molecule has 2 aromatic rings. The van der Waals surface area contributed by atoms with E-state index in [1.165, 1.54) is 17.7 Å². The third kappa shape index (κ3) is 6.67. The minimum Gasteiger partial charge on any atom is -0.454 e. The van der Waals surface area contributed by atoms with E-state index in [1.807, 2.05) is 13.8 Å². The Balaban J connectivity index is 1.10. The highest BCUT2D eigenvalue weighted by molar-refractivity contribution is 9.10. The van der Waals surface area contributed by atoms with Gasteiger partial charge >= 0.3 is 11.9 Å². The van der Waals surface area contributed by atoms with E-state index < -0.39 is 47.6 Å². The van der Waals surface area contributed by atoms with Crippen molar-refractivity contribution in [3.05, 3.63) is 69.2 Å². The number of esters is 2. The minimum atomic E-state index is -1.56. The van der Waals surface area contributed by atoms with E-state index in [0.717, 1.165) is 55.6 Å². The van der Waals surface area contributed by atoms with Gasteiger partial charge in [-0.1, -0.05) is 59.6 Å². The van der Waals surface area contributed by atoms with Crippen LogP contribution in [0.2, 0.25) is 5.02 Å². The average Bonchev–Trinajstić information content (AvgIpc) is 3.45. The molecular formula is C39H50BrClN4O7. The van der Waals surface area contributed by atoms with Gasteiger partial charge in [-0.15, -0.1) is 0 Å². The Morgan fingerprint density at radius 2 is 1.81 bits per heavy atom. The zero-order valence-electron chi connectivity index (χ0n) is 30.4. The summed E-state index contributed by atoms with van der Waals surface area (Å²) in [5.74, 6) is -1.41. The van der Waals surface area contributed by atoms with Gasteiger partial charge < -0.3 is 24.6 Å². The summed E-state index contributed by atoms with van der Waals surface area (Å²) in [7, 11) is 1.69. The van der Waals surface area contributed by atoms with Crippen LogP contribution in [0.4, 0.5) is 11.4 Å². The topological polar surface area (TPSA) is 124 Å². The van der Waals surface area contributed by atoms with Crippen LogP contribution >= 0.6 is 27.5 Å². The lowest BCUT2D eigenvalue weighted by molar-refractivity contribution is -0.225. The second-order valence-electron chi connectivity index (χ2n) is 15.6. The molecule has 11 nitrogen and oxygen atoms in total. The van der Waals surface area contributed by atoms with Crippen LogP contribution in [-0.4, -0.2) is 96.9 Å². The Labute approximate surface area is 319 Å². The summed E-state index contributed by atoms with van der Waals surface area (Å²) in [6.07, 6.45) is 0.628. The number of carbonyl (C=O) groups is 2. The van der Waals surface area contributed by atoms with E-state index in [-0.39, 0.29) is 30.1 Å². The molecule has 52 heavy (non-hydrogen) atoms. The number of rotatable bonds is 7. The first-order valence-corrected chi connectivity index (χ1v) is 19.6. The largest absolute Gasteiger partial charge is 0.454 e. The fourth-order valence-corrected chi connectivity index (χ4v) is 10.1. The highest BCUT2D eigenvalue weighted by atomic mass is 79.9. The molecule has 0 radical (unpaired) electrons. The zero-order valence-corrected chi connectivity index (χ0v) is 32.8. The van der Waals surface area contributed by atoms with Gasteiger partial charge in [0.25, 0.3) is 0 Å². The van der Waals surface area contributed by atoms with Gasteiger partial charge in [-0.05, 0) is 73.4 Å². The molecular weight excluding hydrogens is 752 g/mol. The molecule has 2 aliphatic carbocycles. The van der Waals surface area contributed by atoms with Crippen LogP contribution < -0.4 is 15.3 Å². The molecule has 0 amide bonds. The molecule has 282 valence electrons. The Kier molecular flexibility index (Phi) is 10.5. The average molecular weight is 802 g/mol. The molecule has 3 heterocycles. The summed E-state index contributed by atoms with van der Waals surface area (Å²) < 4.78 is 13.2. The molecule has 3 N–H and O–H groups in total. The van der Waals surface area contributed by atoms with E-state index in [4.69, 9.17) is 25.9 Å². The molecule has 13 heteroatoms. The van der Waals surface area contributed by atoms with Crippen LogP contribution in [0.5, 0.6) is 0 Å². The summed E-state index contributed by atoms with van der Waals surface area (Å²) >= 11 is 10.0. The maximum atomic E-state index is 14.2. The number of nitrogens with one attached hydrogen (secondary N) is 1. The number of ether oxygens (including phenoxy) is 2. The molecule has 10 atom stereocenters. The molecule has 7 rings (SSSR count). The van der Waals surface area contributed by atoms with Crippen LogP contribution in [0.15, 0.2) is 58.6 Å². The van der Waals surface area contributed by atoms with Gasteiger partial charge in [-0.25, -0.2) is 0 Å². The predicted octanol–water partition coefficient (Wildman–Crippen LogP) is 5.01.